The number of rotatable bonds is 11. The monoisotopic (exact) mass is 276 g/mol. The summed E-state index contributed by atoms with van der Waals surface area (Å²) in [6.07, 6.45) is 7.26. The van der Waals surface area contributed by atoms with Crippen molar-refractivity contribution in [2.24, 2.45) is 0 Å². The van der Waals surface area contributed by atoms with Crippen molar-refractivity contribution in [3.8, 4) is 0 Å². The second-order valence-electron chi connectivity index (χ2n) is 4.09. The van der Waals surface area contributed by atoms with Crippen LogP contribution in [0, 0.1) is 0 Å². The fraction of sp³-hybridized carbons (Fsp3) is 0.833. The van der Waals surface area contributed by atoms with Gasteiger partial charge in [-0.2, -0.15) is 11.8 Å². The molecule has 0 aliphatic carbocycles. The molecule has 0 atom stereocenters. The third-order valence-electron chi connectivity index (χ3n) is 2.41. The molecule has 0 aromatic heterocycles. The highest BCUT2D eigenvalue weighted by Crippen LogP contribution is 2.03. The lowest BCUT2D eigenvalue weighted by atomic mass is 10.2. The minimum atomic E-state index is -0.831. The van der Waals surface area contributed by atoms with Gasteiger partial charge in [-0.15, -0.1) is 0 Å². The van der Waals surface area contributed by atoms with Gasteiger partial charge < -0.3 is 15.7 Å². The Kier molecular flexibility index (Phi) is 11.9. The molecule has 0 saturated carbocycles. The number of thioether (sulfide) groups is 1. The van der Waals surface area contributed by atoms with Crippen molar-refractivity contribution in [3.63, 3.8) is 0 Å². The van der Waals surface area contributed by atoms with E-state index in [4.69, 9.17) is 5.11 Å². The van der Waals surface area contributed by atoms with Gasteiger partial charge in [-0.05, 0) is 31.3 Å². The lowest BCUT2D eigenvalue weighted by molar-refractivity contribution is -0.137. The third-order valence-corrected chi connectivity index (χ3v) is 3.11. The Morgan fingerprint density at radius 1 is 1.00 bits per heavy atom. The number of amides is 2. The van der Waals surface area contributed by atoms with E-state index in [1.165, 1.54) is 18.6 Å². The Morgan fingerprint density at radius 2 is 1.61 bits per heavy atom. The Labute approximate surface area is 113 Å². The number of carboxylic acid groups (broad SMARTS) is 1. The minimum absolute atomic E-state index is 0.0930. The lowest BCUT2D eigenvalue weighted by Crippen LogP contribution is -2.36. The van der Waals surface area contributed by atoms with Crippen molar-refractivity contribution >= 4 is 23.8 Å². The van der Waals surface area contributed by atoms with Gasteiger partial charge in [0.05, 0.1) is 0 Å². The standard InChI is InChI=1S/C12H24N2O3S/c1-18-10-5-3-2-4-8-13-12(17)14-9-6-7-11(15)16/h2-10H2,1H3,(H,15,16)(H2,13,14,17). The molecule has 5 nitrogen and oxygen atoms in total. The van der Waals surface area contributed by atoms with Crippen LogP contribution in [0.15, 0.2) is 0 Å². The van der Waals surface area contributed by atoms with E-state index >= 15 is 0 Å². The van der Waals surface area contributed by atoms with Gasteiger partial charge in [0.1, 0.15) is 0 Å². The molecule has 0 aliphatic rings. The van der Waals surface area contributed by atoms with Crippen LogP contribution >= 0.6 is 11.8 Å². The van der Waals surface area contributed by atoms with Crippen LogP contribution in [-0.2, 0) is 4.79 Å². The molecule has 0 rings (SSSR count). The molecule has 6 heteroatoms. The summed E-state index contributed by atoms with van der Waals surface area (Å²) in [5.41, 5.74) is 0. The molecule has 0 unspecified atom stereocenters. The van der Waals surface area contributed by atoms with Gasteiger partial charge in [0.15, 0.2) is 0 Å². The van der Waals surface area contributed by atoms with Crippen molar-refractivity contribution in [2.75, 3.05) is 25.1 Å². The van der Waals surface area contributed by atoms with E-state index in [2.05, 4.69) is 16.9 Å². The summed E-state index contributed by atoms with van der Waals surface area (Å²) >= 11 is 1.86. The van der Waals surface area contributed by atoms with E-state index in [-0.39, 0.29) is 12.5 Å². The molecule has 0 aromatic rings. The fourth-order valence-corrected chi connectivity index (χ4v) is 1.92. The number of hydrogen-bond acceptors (Lipinski definition) is 3. The molecule has 18 heavy (non-hydrogen) atoms. The minimum Gasteiger partial charge on any atom is -0.481 e. The first-order valence-electron chi connectivity index (χ1n) is 6.39. The number of carbonyl (C=O) groups is 2. The van der Waals surface area contributed by atoms with Crippen molar-refractivity contribution < 1.29 is 14.7 Å². The largest absolute Gasteiger partial charge is 0.481 e. The van der Waals surface area contributed by atoms with Crippen molar-refractivity contribution in [1.29, 1.82) is 0 Å². The first-order chi connectivity index (χ1) is 8.66. The maximum Gasteiger partial charge on any atom is 0.314 e. The van der Waals surface area contributed by atoms with E-state index in [1.54, 1.807) is 0 Å². The van der Waals surface area contributed by atoms with Gasteiger partial charge in [0, 0.05) is 19.5 Å². The zero-order valence-electron chi connectivity index (χ0n) is 11.0. The Balaban J connectivity index is 3.19. The maximum absolute atomic E-state index is 11.2. The van der Waals surface area contributed by atoms with Crippen LogP contribution in [0.3, 0.4) is 0 Å². The molecular formula is C12H24N2O3S. The van der Waals surface area contributed by atoms with Crippen molar-refractivity contribution in [3.05, 3.63) is 0 Å². The van der Waals surface area contributed by atoms with E-state index < -0.39 is 5.97 Å². The van der Waals surface area contributed by atoms with Gasteiger partial charge in [-0.3, -0.25) is 4.79 Å². The first kappa shape index (κ1) is 17.1. The van der Waals surface area contributed by atoms with Crippen molar-refractivity contribution in [2.45, 2.75) is 38.5 Å². The van der Waals surface area contributed by atoms with Crippen LogP contribution in [0.2, 0.25) is 0 Å². The molecule has 3 N–H and O–H groups in total. The molecule has 0 bridgehead atoms. The van der Waals surface area contributed by atoms with Crippen LogP contribution in [0.25, 0.3) is 0 Å². The number of urea groups is 1. The van der Waals surface area contributed by atoms with Crippen LogP contribution in [0.4, 0.5) is 4.79 Å². The van der Waals surface area contributed by atoms with Crippen LogP contribution < -0.4 is 10.6 Å². The van der Waals surface area contributed by atoms with Gasteiger partial charge in [-0.1, -0.05) is 12.8 Å². The normalized spacial score (nSPS) is 10.1. The number of carboxylic acids is 1. The van der Waals surface area contributed by atoms with Crippen LogP contribution in [0.5, 0.6) is 0 Å². The van der Waals surface area contributed by atoms with E-state index in [0.29, 0.717) is 19.5 Å². The molecular weight excluding hydrogens is 252 g/mol. The Bertz CT molecular complexity index is 237. The van der Waals surface area contributed by atoms with Crippen LogP contribution in [0.1, 0.15) is 38.5 Å². The first-order valence-corrected chi connectivity index (χ1v) is 7.78. The Hall–Kier alpha value is -0.910. The molecule has 0 radical (unpaired) electrons. The SMILES string of the molecule is CSCCCCCCNC(=O)NCCCC(=O)O. The molecule has 106 valence electrons. The number of carbonyl (C=O) groups excluding carboxylic acids is 1. The molecule has 0 fully saturated rings. The summed E-state index contributed by atoms with van der Waals surface area (Å²) in [5.74, 6) is 0.375. The molecule has 0 aromatic carbocycles. The fourth-order valence-electron chi connectivity index (χ4n) is 1.43. The van der Waals surface area contributed by atoms with Crippen LogP contribution in [-0.4, -0.2) is 42.2 Å². The quantitative estimate of drug-likeness (QED) is 0.505. The van der Waals surface area contributed by atoms with Gasteiger partial charge in [0.2, 0.25) is 0 Å². The highest BCUT2D eigenvalue weighted by molar-refractivity contribution is 7.98. The van der Waals surface area contributed by atoms with Gasteiger partial charge in [0.25, 0.3) is 0 Å². The second-order valence-corrected chi connectivity index (χ2v) is 5.07. The number of unbranched alkanes of at least 4 members (excludes halogenated alkanes) is 3. The van der Waals surface area contributed by atoms with Gasteiger partial charge >= 0.3 is 12.0 Å². The summed E-state index contributed by atoms with van der Waals surface area (Å²) in [6, 6.07) is -0.204. The third kappa shape index (κ3) is 13.2. The molecule has 0 saturated heterocycles. The highest BCUT2D eigenvalue weighted by atomic mass is 32.2. The average Bonchev–Trinajstić information content (AvgIpc) is 2.33. The molecule has 0 spiro atoms. The summed E-state index contributed by atoms with van der Waals surface area (Å²) in [6.45, 7) is 1.09. The maximum atomic E-state index is 11.2. The summed E-state index contributed by atoms with van der Waals surface area (Å²) in [7, 11) is 0. The summed E-state index contributed by atoms with van der Waals surface area (Å²) in [5, 5.41) is 13.8. The second kappa shape index (κ2) is 12.5. The van der Waals surface area contributed by atoms with E-state index in [9.17, 15) is 9.59 Å². The summed E-state index contributed by atoms with van der Waals surface area (Å²) in [4.78, 5) is 21.5. The lowest BCUT2D eigenvalue weighted by Gasteiger charge is -2.06. The summed E-state index contributed by atoms with van der Waals surface area (Å²) < 4.78 is 0. The van der Waals surface area contributed by atoms with Gasteiger partial charge in [-0.25, -0.2) is 4.79 Å². The topological polar surface area (TPSA) is 78.4 Å². The van der Waals surface area contributed by atoms with E-state index in [0.717, 1.165) is 12.8 Å². The predicted molar refractivity (Wildman–Crippen MR) is 75.1 cm³/mol. The Morgan fingerprint density at radius 3 is 2.22 bits per heavy atom. The highest BCUT2D eigenvalue weighted by Gasteiger charge is 2.00. The molecule has 0 heterocycles. The number of aliphatic carboxylic acids is 1. The number of hydrogen-bond donors (Lipinski definition) is 3. The zero-order chi connectivity index (χ0) is 13.6. The number of nitrogens with one attached hydrogen (secondary N) is 2. The van der Waals surface area contributed by atoms with Crippen molar-refractivity contribution in [1.82, 2.24) is 10.6 Å². The zero-order valence-corrected chi connectivity index (χ0v) is 11.9. The average molecular weight is 276 g/mol. The molecule has 2 amide bonds. The smallest absolute Gasteiger partial charge is 0.314 e. The van der Waals surface area contributed by atoms with E-state index in [1.807, 2.05) is 11.8 Å². The predicted octanol–water partition coefficient (Wildman–Crippen LogP) is 2.07. The molecule has 0 aliphatic heterocycles.